The highest BCUT2D eigenvalue weighted by atomic mass is 79.9. The van der Waals surface area contributed by atoms with Crippen molar-refractivity contribution in [2.75, 3.05) is 6.54 Å². The minimum Gasteiger partial charge on any atom is -0.333 e. The maximum Gasteiger partial charge on any atom is 0.173 e. The molecule has 2 aromatic rings. The van der Waals surface area contributed by atoms with Crippen LogP contribution in [0.1, 0.15) is 37.7 Å². The molecule has 0 fully saturated rings. The number of benzene rings is 1. The lowest BCUT2D eigenvalue weighted by atomic mass is 10.1. The van der Waals surface area contributed by atoms with Crippen LogP contribution in [0.15, 0.2) is 29.0 Å². The molecule has 0 aliphatic rings. The van der Waals surface area contributed by atoms with E-state index in [0.717, 1.165) is 24.9 Å². The second-order valence-electron chi connectivity index (χ2n) is 4.73. The second kappa shape index (κ2) is 7.13. The molecule has 1 heterocycles. The minimum absolute atomic E-state index is 0.138. The highest BCUT2D eigenvalue weighted by Crippen LogP contribution is 2.31. The van der Waals surface area contributed by atoms with Gasteiger partial charge in [-0.2, -0.15) is 0 Å². The molecule has 0 radical (unpaired) electrons. The third kappa shape index (κ3) is 3.32. The van der Waals surface area contributed by atoms with Gasteiger partial charge in [0, 0.05) is 18.9 Å². The van der Waals surface area contributed by atoms with E-state index >= 15 is 0 Å². The van der Waals surface area contributed by atoms with Crippen LogP contribution in [0.25, 0.3) is 0 Å². The summed E-state index contributed by atoms with van der Waals surface area (Å²) in [5.41, 5.74) is 0.638. The summed E-state index contributed by atoms with van der Waals surface area (Å²) < 4.78 is 29.3. The Morgan fingerprint density at radius 3 is 2.76 bits per heavy atom. The average molecular weight is 358 g/mol. The molecular weight excluding hydrogens is 340 g/mol. The highest BCUT2D eigenvalue weighted by Gasteiger charge is 2.23. The van der Waals surface area contributed by atoms with Crippen LogP contribution < -0.4 is 5.32 Å². The fourth-order valence-electron chi connectivity index (χ4n) is 2.32. The van der Waals surface area contributed by atoms with Crippen LogP contribution in [0, 0.1) is 11.6 Å². The van der Waals surface area contributed by atoms with Crippen molar-refractivity contribution in [1.29, 1.82) is 0 Å². The topological polar surface area (TPSA) is 29.9 Å². The maximum atomic E-state index is 13.8. The summed E-state index contributed by atoms with van der Waals surface area (Å²) in [6.07, 6.45) is 4.60. The first kappa shape index (κ1) is 16.1. The Hall–Kier alpha value is -1.27. The molecule has 6 heteroatoms. The number of nitrogens with one attached hydrogen (secondary N) is 1. The molecule has 3 nitrogen and oxygen atoms in total. The van der Waals surface area contributed by atoms with Crippen molar-refractivity contribution < 1.29 is 8.78 Å². The van der Waals surface area contributed by atoms with Crippen molar-refractivity contribution in [3.8, 4) is 0 Å². The van der Waals surface area contributed by atoms with Gasteiger partial charge in [0.15, 0.2) is 11.6 Å². The summed E-state index contributed by atoms with van der Waals surface area (Å²) in [5, 5.41) is 3.29. The molecule has 114 valence electrons. The standard InChI is InChI=1S/C15H18BrF2N3/c1-3-8-21-9-7-20-15(21)14(19-4-2)10-5-6-11(17)13(18)12(10)16/h5-7,9,14,19H,3-4,8H2,1-2H3. The van der Waals surface area contributed by atoms with Crippen molar-refractivity contribution in [3.63, 3.8) is 0 Å². The maximum absolute atomic E-state index is 13.8. The van der Waals surface area contributed by atoms with Crippen molar-refractivity contribution in [2.45, 2.75) is 32.9 Å². The summed E-state index contributed by atoms with van der Waals surface area (Å²) in [6, 6.07) is 2.44. The third-order valence-electron chi connectivity index (χ3n) is 3.25. The van der Waals surface area contributed by atoms with E-state index in [2.05, 4.69) is 33.2 Å². The molecule has 1 unspecified atom stereocenters. The van der Waals surface area contributed by atoms with Gasteiger partial charge >= 0.3 is 0 Å². The van der Waals surface area contributed by atoms with E-state index in [1.54, 1.807) is 12.3 Å². The zero-order valence-corrected chi connectivity index (χ0v) is 13.6. The Morgan fingerprint density at radius 1 is 1.33 bits per heavy atom. The minimum atomic E-state index is -0.871. The normalized spacial score (nSPS) is 12.6. The predicted molar refractivity (Wildman–Crippen MR) is 82.1 cm³/mol. The third-order valence-corrected chi connectivity index (χ3v) is 4.06. The molecule has 1 N–H and O–H groups in total. The van der Waals surface area contributed by atoms with Crippen molar-refractivity contribution in [2.24, 2.45) is 0 Å². The van der Waals surface area contributed by atoms with E-state index in [4.69, 9.17) is 0 Å². The Bertz CT molecular complexity index is 613. The van der Waals surface area contributed by atoms with Crippen LogP contribution in [-0.2, 0) is 6.54 Å². The number of aryl methyl sites for hydroxylation is 1. The zero-order valence-electron chi connectivity index (χ0n) is 12.0. The largest absolute Gasteiger partial charge is 0.333 e. The number of imidazole rings is 1. The number of aromatic nitrogens is 2. The van der Waals surface area contributed by atoms with Gasteiger partial charge in [-0.25, -0.2) is 13.8 Å². The van der Waals surface area contributed by atoms with Gasteiger partial charge in [0.05, 0.1) is 10.5 Å². The van der Waals surface area contributed by atoms with Crippen LogP contribution in [0.5, 0.6) is 0 Å². The molecule has 0 bridgehead atoms. The smallest absolute Gasteiger partial charge is 0.173 e. The van der Waals surface area contributed by atoms with Crippen LogP contribution in [0.3, 0.4) is 0 Å². The molecule has 0 aliphatic heterocycles. The number of hydrogen-bond acceptors (Lipinski definition) is 2. The summed E-state index contributed by atoms with van der Waals surface area (Å²) in [4.78, 5) is 4.39. The molecule has 0 aliphatic carbocycles. The lowest BCUT2D eigenvalue weighted by molar-refractivity contribution is 0.493. The van der Waals surface area contributed by atoms with Gasteiger partial charge < -0.3 is 9.88 Å². The number of halogens is 3. The molecule has 0 amide bonds. The van der Waals surface area contributed by atoms with Crippen LogP contribution >= 0.6 is 15.9 Å². The molecule has 1 aromatic carbocycles. The molecule has 1 atom stereocenters. The Balaban J connectivity index is 2.48. The first-order valence-electron chi connectivity index (χ1n) is 6.97. The molecule has 0 saturated heterocycles. The lowest BCUT2D eigenvalue weighted by Crippen LogP contribution is -2.26. The van der Waals surface area contributed by atoms with E-state index in [1.165, 1.54) is 0 Å². The van der Waals surface area contributed by atoms with Gasteiger partial charge in [-0.1, -0.05) is 19.9 Å². The summed E-state index contributed by atoms with van der Waals surface area (Å²) >= 11 is 3.16. The average Bonchev–Trinajstić information content (AvgIpc) is 2.92. The van der Waals surface area contributed by atoms with Crippen molar-refractivity contribution >= 4 is 15.9 Å². The molecule has 21 heavy (non-hydrogen) atoms. The van der Waals surface area contributed by atoms with E-state index in [9.17, 15) is 8.78 Å². The van der Waals surface area contributed by atoms with E-state index in [-0.39, 0.29) is 10.5 Å². The van der Waals surface area contributed by atoms with Crippen molar-refractivity contribution in [1.82, 2.24) is 14.9 Å². The first-order valence-corrected chi connectivity index (χ1v) is 7.77. The summed E-state index contributed by atoms with van der Waals surface area (Å²) in [7, 11) is 0. The van der Waals surface area contributed by atoms with Crippen molar-refractivity contribution in [3.05, 3.63) is 52.0 Å². The van der Waals surface area contributed by atoms with Crippen LogP contribution in [0.4, 0.5) is 8.78 Å². The van der Waals surface area contributed by atoms with Gasteiger partial charge in [0.2, 0.25) is 0 Å². The quantitative estimate of drug-likeness (QED) is 0.790. The van der Waals surface area contributed by atoms with Gasteiger partial charge in [0.1, 0.15) is 5.82 Å². The fraction of sp³-hybridized carbons (Fsp3) is 0.400. The fourth-order valence-corrected chi connectivity index (χ4v) is 2.87. The monoisotopic (exact) mass is 357 g/mol. The zero-order chi connectivity index (χ0) is 15.4. The molecule has 0 spiro atoms. The van der Waals surface area contributed by atoms with Crippen LogP contribution in [0.2, 0.25) is 0 Å². The predicted octanol–water partition coefficient (Wildman–Crippen LogP) is 4.03. The SMILES string of the molecule is CCCn1ccnc1C(NCC)c1ccc(F)c(F)c1Br. The first-order chi connectivity index (χ1) is 10.1. The van der Waals surface area contributed by atoms with E-state index < -0.39 is 11.6 Å². The molecule has 2 rings (SSSR count). The second-order valence-corrected chi connectivity index (χ2v) is 5.53. The highest BCUT2D eigenvalue weighted by molar-refractivity contribution is 9.10. The number of rotatable bonds is 6. The lowest BCUT2D eigenvalue weighted by Gasteiger charge is -2.21. The van der Waals surface area contributed by atoms with E-state index in [0.29, 0.717) is 12.1 Å². The van der Waals surface area contributed by atoms with Gasteiger partial charge in [-0.05, 0) is 40.5 Å². The Morgan fingerprint density at radius 2 is 2.10 bits per heavy atom. The Labute approximate surface area is 131 Å². The summed E-state index contributed by atoms with van der Waals surface area (Å²) in [5.74, 6) is -0.938. The Kier molecular flexibility index (Phi) is 5.47. The molecule has 1 aromatic heterocycles. The van der Waals surface area contributed by atoms with Crippen LogP contribution in [-0.4, -0.2) is 16.1 Å². The van der Waals surface area contributed by atoms with E-state index in [1.807, 2.05) is 17.7 Å². The molecule has 0 saturated carbocycles. The van der Waals surface area contributed by atoms with Gasteiger partial charge in [-0.3, -0.25) is 0 Å². The molecular formula is C15H18BrF2N3. The summed E-state index contributed by atoms with van der Waals surface area (Å²) in [6.45, 7) is 5.57. The van der Waals surface area contributed by atoms with Gasteiger partial charge in [-0.15, -0.1) is 0 Å². The number of nitrogens with zero attached hydrogens (tertiary/aromatic N) is 2. The number of hydrogen-bond donors (Lipinski definition) is 1. The van der Waals surface area contributed by atoms with Gasteiger partial charge in [0.25, 0.3) is 0 Å².